The van der Waals surface area contributed by atoms with Gasteiger partial charge in [0.05, 0.1) is 35.2 Å². The van der Waals surface area contributed by atoms with Crippen LogP contribution in [0.25, 0.3) is 56.0 Å². The van der Waals surface area contributed by atoms with Crippen LogP contribution in [0.2, 0.25) is 0 Å². The highest BCUT2D eigenvalue weighted by Crippen LogP contribution is 2.32. The van der Waals surface area contributed by atoms with Gasteiger partial charge in [-0.15, -0.1) is 0 Å². The average Bonchev–Trinajstić information content (AvgIpc) is 3.64. The first kappa shape index (κ1) is 23.5. The SMILES string of the molecule is Fc1ccc(-c2nccc3[nH]c(-c4n[nH]c5cnc(-c6cncc(CN7CCC(F)(F)C7)c6)cc45)nc23)cc1. The fraction of sp³-hybridized carbons (Fsp3) is 0.179. The lowest BCUT2D eigenvalue weighted by atomic mass is 10.1. The quantitative estimate of drug-likeness (QED) is 0.303. The van der Waals surface area contributed by atoms with E-state index in [4.69, 9.17) is 4.98 Å². The Kier molecular flexibility index (Phi) is 5.41. The van der Waals surface area contributed by atoms with E-state index in [0.29, 0.717) is 41.5 Å². The lowest BCUT2D eigenvalue weighted by Crippen LogP contribution is -2.24. The first-order chi connectivity index (χ1) is 18.9. The molecule has 0 aliphatic carbocycles. The number of nitrogens with zero attached hydrogens (tertiary/aromatic N) is 6. The minimum atomic E-state index is -2.64. The number of halogens is 3. The van der Waals surface area contributed by atoms with Gasteiger partial charge in [-0.2, -0.15) is 5.10 Å². The van der Waals surface area contributed by atoms with Crippen molar-refractivity contribution in [2.24, 2.45) is 0 Å². The van der Waals surface area contributed by atoms with Crippen molar-refractivity contribution in [3.63, 3.8) is 0 Å². The molecule has 0 unspecified atom stereocenters. The summed E-state index contributed by atoms with van der Waals surface area (Å²) in [6.07, 6.45) is 6.66. The summed E-state index contributed by atoms with van der Waals surface area (Å²) in [7, 11) is 0. The number of alkyl halides is 2. The van der Waals surface area contributed by atoms with Gasteiger partial charge in [0.15, 0.2) is 5.82 Å². The molecule has 1 aliphatic rings. The van der Waals surface area contributed by atoms with Crippen LogP contribution >= 0.6 is 0 Å². The Morgan fingerprint density at radius 1 is 0.923 bits per heavy atom. The fourth-order valence-corrected chi connectivity index (χ4v) is 5.04. The Balaban J connectivity index is 1.24. The predicted octanol–water partition coefficient (Wildman–Crippen LogP) is 5.61. The van der Waals surface area contributed by atoms with Crippen LogP contribution in [0.4, 0.5) is 13.2 Å². The number of aromatic amines is 2. The Hall–Kier alpha value is -4.64. The number of likely N-dealkylation sites (tertiary alicyclic amines) is 1. The summed E-state index contributed by atoms with van der Waals surface area (Å²) in [5, 5.41) is 8.30. The summed E-state index contributed by atoms with van der Waals surface area (Å²) in [5.74, 6) is -2.41. The van der Waals surface area contributed by atoms with Crippen molar-refractivity contribution in [1.29, 1.82) is 0 Å². The Morgan fingerprint density at radius 2 is 1.79 bits per heavy atom. The Morgan fingerprint density at radius 3 is 2.62 bits per heavy atom. The number of H-pyrrole nitrogens is 2. The van der Waals surface area contributed by atoms with Crippen LogP contribution in [0.1, 0.15) is 12.0 Å². The zero-order valence-electron chi connectivity index (χ0n) is 20.5. The van der Waals surface area contributed by atoms with Gasteiger partial charge in [0, 0.05) is 54.6 Å². The summed E-state index contributed by atoms with van der Waals surface area (Å²) in [5.41, 5.74) is 6.45. The van der Waals surface area contributed by atoms with Crippen LogP contribution in [-0.4, -0.2) is 59.0 Å². The standard InChI is InChI=1S/C28H21F3N8/c29-19-3-1-17(2-4-19)24-26-21(5-7-33-24)35-27(36-26)25-20-10-22(34-13-23(20)37-38-25)18-9-16(11-32-12-18)14-39-8-6-28(30,31)15-39/h1-5,7,9-13H,6,8,14-15H2,(H,35,36)(H,37,38). The maximum atomic E-state index is 13.6. The monoisotopic (exact) mass is 526 g/mol. The van der Waals surface area contributed by atoms with E-state index in [2.05, 4.69) is 30.1 Å². The average molecular weight is 527 g/mol. The van der Waals surface area contributed by atoms with Crippen LogP contribution in [-0.2, 0) is 6.54 Å². The van der Waals surface area contributed by atoms with E-state index in [-0.39, 0.29) is 18.8 Å². The molecular formula is C28H21F3N8. The van der Waals surface area contributed by atoms with Crippen molar-refractivity contribution < 1.29 is 13.2 Å². The number of pyridine rings is 3. The van der Waals surface area contributed by atoms with Crippen LogP contribution < -0.4 is 0 Å². The number of nitrogens with one attached hydrogen (secondary N) is 2. The fourth-order valence-electron chi connectivity index (χ4n) is 5.04. The Labute approximate surface area is 220 Å². The van der Waals surface area contributed by atoms with Gasteiger partial charge < -0.3 is 4.98 Å². The van der Waals surface area contributed by atoms with Gasteiger partial charge >= 0.3 is 0 Å². The number of imidazole rings is 1. The van der Waals surface area contributed by atoms with E-state index in [1.807, 2.05) is 18.2 Å². The van der Waals surface area contributed by atoms with E-state index in [1.165, 1.54) is 12.1 Å². The topological polar surface area (TPSA) is 99.3 Å². The third kappa shape index (κ3) is 4.40. The van der Waals surface area contributed by atoms with E-state index >= 15 is 0 Å². The lowest BCUT2D eigenvalue weighted by Gasteiger charge is -2.15. The van der Waals surface area contributed by atoms with Crippen molar-refractivity contribution in [1.82, 2.24) is 40.0 Å². The molecule has 7 rings (SSSR count). The maximum absolute atomic E-state index is 13.6. The molecule has 1 aromatic carbocycles. The molecule has 0 amide bonds. The molecule has 0 atom stereocenters. The largest absolute Gasteiger partial charge is 0.336 e. The maximum Gasteiger partial charge on any atom is 0.261 e. The van der Waals surface area contributed by atoms with Gasteiger partial charge in [0.25, 0.3) is 5.92 Å². The van der Waals surface area contributed by atoms with Crippen molar-refractivity contribution >= 4 is 21.9 Å². The van der Waals surface area contributed by atoms with Crippen LogP contribution in [0.15, 0.2) is 67.3 Å². The molecule has 8 nitrogen and oxygen atoms in total. The number of fused-ring (bicyclic) bond motifs is 2. The second-order valence-electron chi connectivity index (χ2n) is 9.73. The van der Waals surface area contributed by atoms with Gasteiger partial charge in [-0.1, -0.05) is 0 Å². The highest BCUT2D eigenvalue weighted by Gasteiger charge is 2.37. The molecule has 0 saturated carbocycles. The third-order valence-corrected chi connectivity index (χ3v) is 6.94. The summed E-state index contributed by atoms with van der Waals surface area (Å²) < 4.78 is 40.7. The molecule has 1 fully saturated rings. The lowest BCUT2D eigenvalue weighted by molar-refractivity contribution is 0.0115. The van der Waals surface area contributed by atoms with E-state index in [9.17, 15) is 13.2 Å². The van der Waals surface area contributed by atoms with Gasteiger partial charge in [0.2, 0.25) is 0 Å². The van der Waals surface area contributed by atoms with Gasteiger partial charge in [-0.25, -0.2) is 18.2 Å². The Bertz CT molecular complexity index is 1830. The van der Waals surface area contributed by atoms with E-state index < -0.39 is 5.92 Å². The summed E-state index contributed by atoms with van der Waals surface area (Å²) in [4.78, 5) is 23.2. The predicted molar refractivity (Wildman–Crippen MR) is 140 cm³/mol. The number of hydrogen-bond donors (Lipinski definition) is 2. The second-order valence-corrected chi connectivity index (χ2v) is 9.73. The summed E-state index contributed by atoms with van der Waals surface area (Å²) in [6.45, 7) is 0.518. The smallest absolute Gasteiger partial charge is 0.261 e. The number of benzene rings is 1. The molecule has 11 heteroatoms. The molecule has 0 spiro atoms. The number of aromatic nitrogens is 7. The molecule has 6 heterocycles. The normalized spacial score (nSPS) is 15.5. The summed E-state index contributed by atoms with van der Waals surface area (Å²) in [6, 6.07) is 11.8. The molecule has 194 valence electrons. The van der Waals surface area contributed by atoms with E-state index in [0.717, 1.165) is 33.1 Å². The zero-order chi connectivity index (χ0) is 26.6. The molecule has 1 aliphatic heterocycles. The first-order valence-corrected chi connectivity index (χ1v) is 12.4. The molecule has 5 aromatic heterocycles. The van der Waals surface area contributed by atoms with Gasteiger partial charge in [-0.05, 0) is 48.0 Å². The van der Waals surface area contributed by atoms with Crippen molar-refractivity contribution in [2.75, 3.05) is 13.1 Å². The first-order valence-electron chi connectivity index (χ1n) is 12.4. The molecule has 39 heavy (non-hydrogen) atoms. The van der Waals surface area contributed by atoms with Crippen LogP contribution in [0, 0.1) is 5.82 Å². The zero-order valence-corrected chi connectivity index (χ0v) is 20.5. The second kappa shape index (κ2) is 8.98. The highest BCUT2D eigenvalue weighted by molar-refractivity contribution is 5.96. The van der Waals surface area contributed by atoms with Gasteiger partial charge in [0.1, 0.15) is 17.0 Å². The molecule has 2 N–H and O–H groups in total. The third-order valence-electron chi connectivity index (χ3n) is 6.94. The van der Waals surface area contributed by atoms with Crippen LogP contribution in [0.5, 0.6) is 0 Å². The molecule has 1 saturated heterocycles. The highest BCUT2D eigenvalue weighted by atomic mass is 19.3. The molecular weight excluding hydrogens is 505 g/mol. The van der Waals surface area contributed by atoms with Crippen LogP contribution in [0.3, 0.4) is 0 Å². The number of rotatable bonds is 5. The van der Waals surface area contributed by atoms with Crippen molar-refractivity contribution in [3.8, 4) is 34.0 Å². The minimum Gasteiger partial charge on any atom is -0.336 e. The molecule has 0 radical (unpaired) electrons. The molecule has 6 aromatic rings. The van der Waals surface area contributed by atoms with Crippen molar-refractivity contribution in [3.05, 3.63) is 78.6 Å². The van der Waals surface area contributed by atoms with Crippen molar-refractivity contribution in [2.45, 2.75) is 18.9 Å². The number of hydrogen-bond acceptors (Lipinski definition) is 6. The minimum absolute atomic E-state index is 0.120. The molecule has 0 bridgehead atoms. The van der Waals surface area contributed by atoms with E-state index in [1.54, 1.807) is 41.8 Å². The summed E-state index contributed by atoms with van der Waals surface area (Å²) >= 11 is 0. The van der Waals surface area contributed by atoms with Gasteiger partial charge in [-0.3, -0.25) is 25.0 Å².